The summed E-state index contributed by atoms with van der Waals surface area (Å²) in [5.74, 6) is 0.598. The van der Waals surface area contributed by atoms with E-state index in [1.807, 2.05) is 13.0 Å². The molecule has 2 nitrogen and oxygen atoms in total. The topological polar surface area (TPSA) is 46.2 Å². The number of hydrogen-bond donors (Lipinski definition) is 2. The minimum absolute atomic E-state index is 0.0345. The fourth-order valence-electron chi connectivity index (χ4n) is 1.64. The molecule has 3 N–H and O–H groups in total. The number of aliphatic hydroxyl groups is 1. The Balaban J connectivity index is 2.79. The van der Waals surface area contributed by atoms with Crippen molar-refractivity contribution in [3.63, 3.8) is 0 Å². The quantitative estimate of drug-likeness (QED) is 0.738. The monoisotopic (exact) mass is 257 g/mol. The Labute approximate surface area is 106 Å². The highest BCUT2D eigenvalue weighted by atomic mass is 32.2. The molecule has 0 amide bonds. The molecule has 4 heteroatoms. The number of hydrogen-bond acceptors (Lipinski definition) is 3. The lowest BCUT2D eigenvalue weighted by atomic mass is 10.0. The molecule has 0 heterocycles. The zero-order chi connectivity index (χ0) is 12.7. The van der Waals surface area contributed by atoms with Gasteiger partial charge in [0.25, 0.3) is 0 Å². The van der Waals surface area contributed by atoms with Crippen LogP contribution in [0.2, 0.25) is 0 Å². The molecule has 2 atom stereocenters. The normalized spacial score (nSPS) is 14.6. The van der Waals surface area contributed by atoms with Crippen LogP contribution in [0.15, 0.2) is 24.3 Å². The van der Waals surface area contributed by atoms with Crippen LogP contribution >= 0.6 is 11.8 Å². The molecule has 0 aromatic heterocycles. The lowest BCUT2D eigenvalue weighted by molar-refractivity contribution is 0.296. The number of benzene rings is 1. The predicted octanol–water partition coefficient (Wildman–Crippen LogP) is 2.72. The molecule has 0 saturated carbocycles. The zero-order valence-corrected chi connectivity index (χ0v) is 10.9. The Kier molecular flexibility index (Phi) is 6.55. The van der Waals surface area contributed by atoms with Gasteiger partial charge in [-0.1, -0.05) is 25.1 Å². The van der Waals surface area contributed by atoms with Gasteiger partial charge in [0.2, 0.25) is 0 Å². The molecule has 1 rings (SSSR count). The first-order chi connectivity index (χ1) is 8.20. The standard InChI is InChI=1S/C13H20FNOS/c1-2-12(15)13(17-9-5-8-16)10-6-3-4-7-11(10)14/h3-4,6-7,12-13,16H,2,5,8-9,15H2,1H3. The van der Waals surface area contributed by atoms with E-state index >= 15 is 0 Å². The second-order valence-electron chi connectivity index (χ2n) is 3.96. The van der Waals surface area contributed by atoms with Crippen molar-refractivity contribution in [1.82, 2.24) is 0 Å². The molecule has 0 radical (unpaired) electrons. The van der Waals surface area contributed by atoms with E-state index in [0.717, 1.165) is 12.2 Å². The summed E-state index contributed by atoms with van der Waals surface area (Å²) in [7, 11) is 0. The van der Waals surface area contributed by atoms with Gasteiger partial charge < -0.3 is 10.8 Å². The highest BCUT2D eigenvalue weighted by Gasteiger charge is 2.21. The predicted molar refractivity (Wildman–Crippen MR) is 71.6 cm³/mol. The van der Waals surface area contributed by atoms with Crippen LogP contribution in [0.4, 0.5) is 4.39 Å². The van der Waals surface area contributed by atoms with Gasteiger partial charge >= 0.3 is 0 Å². The lowest BCUT2D eigenvalue weighted by Gasteiger charge is -2.23. The summed E-state index contributed by atoms with van der Waals surface area (Å²) in [5.41, 5.74) is 6.72. The summed E-state index contributed by atoms with van der Waals surface area (Å²) < 4.78 is 13.7. The van der Waals surface area contributed by atoms with Crippen molar-refractivity contribution in [2.75, 3.05) is 12.4 Å². The summed E-state index contributed by atoms with van der Waals surface area (Å²) in [4.78, 5) is 0. The fraction of sp³-hybridized carbons (Fsp3) is 0.538. The van der Waals surface area contributed by atoms with Crippen molar-refractivity contribution >= 4 is 11.8 Å². The van der Waals surface area contributed by atoms with Crippen LogP contribution in [0.25, 0.3) is 0 Å². The molecular formula is C13H20FNOS. The summed E-state index contributed by atoms with van der Waals surface area (Å²) in [6.45, 7) is 2.17. The van der Waals surface area contributed by atoms with Crippen LogP contribution in [-0.4, -0.2) is 23.5 Å². The number of nitrogens with two attached hydrogens (primary N) is 1. The Morgan fingerprint density at radius 3 is 2.71 bits per heavy atom. The van der Waals surface area contributed by atoms with E-state index in [2.05, 4.69) is 0 Å². The average Bonchev–Trinajstić information content (AvgIpc) is 2.35. The second-order valence-corrected chi connectivity index (χ2v) is 5.21. The van der Waals surface area contributed by atoms with Crippen molar-refractivity contribution < 1.29 is 9.50 Å². The summed E-state index contributed by atoms with van der Waals surface area (Å²) >= 11 is 1.62. The van der Waals surface area contributed by atoms with E-state index in [-0.39, 0.29) is 23.7 Å². The zero-order valence-electron chi connectivity index (χ0n) is 10.1. The largest absolute Gasteiger partial charge is 0.396 e. The first kappa shape index (κ1) is 14.5. The van der Waals surface area contributed by atoms with Gasteiger partial charge in [-0.25, -0.2) is 4.39 Å². The van der Waals surface area contributed by atoms with Crippen LogP contribution in [-0.2, 0) is 0 Å². The van der Waals surface area contributed by atoms with Crippen molar-refractivity contribution in [2.24, 2.45) is 5.73 Å². The third-order valence-corrected chi connectivity index (χ3v) is 4.16. The van der Waals surface area contributed by atoms with E-state index < -0.39 is 0 Å². The van der Waals surface area contributed by atoms with Crippen molar-refractivity contribution in [3.8, 4) is 0 Å². The summed E-state index contributed by atoms with van der Waals surface area (Å²) in [6.07, 6.45) is 1.52. The van der Waals surface area contributed by atoms with Gasteiger partial charge in [0, 0.05) is 23.5 Å². The Morgan fingerprint density at radius 1 is 1.41 bits per heavy atom. The van der Waals surface area contributed by atoms with Gasteiger partial charge in [-0.15, -0.1) is 0 Å². The van der Waals surface area contributed by atoms with E-state index in [9.17, 15) is 4.39 Å². The molecule has 2 unspecified atom stereocenters. The molecule has 1 aromatic carbocycles. The van der Waals surface area contributed by atoms with E-state index in [1.165, 1.54) is 6.07 Å². The maximum atomic E-state index is 13.7. The van der Waals surface area contributed by atoms with Crippen molar-refractivity contribution in [3.05, 3.63) is 35.6 Å². The molecule has 0 saturated heterocycles. The molecule has 0 fully saturated rings. The van der Waals surface area contributed by atoms with E-state index in [4.69, 9.17) is 10.8 Å². The number of halogens is 1. The van der Waals surface area contributed by atoms with Gasteiger partial charge in [-0.3, -0.25) is 0 Å². The molecule has 0 aliphatic heterocycles. The molecule has 0 aliphatic rings. The summed E-state index contributed by atoms with van der Waals surface area (Å²) in [6, 6.07) is 6.72. The minimum Gasteiger partial charge on any atom is -0.396 e. The first-order valence-corrected chi connectivity index (χ1v) is 6.98. The van der Waals surface area contributed by atoms with Crippen LogP contribution < -0.4 is 5.73 Å². The number of thioether (sulfide) groups is 1. The van der Waals surface area contributed by atoms with Crippen LogP contribution in [0.5, 0.6) is 0 Å². The smallest absolute Gasteiger partial charge is 0.127 e. The molecule has 1 aromatic rings. The third-order valence-electron chi connectivity index (χ3n) is 2.67. The lowest BCUT2D eigenvalue weighted by Crippen LogP contribution is -2.26. The number of aliphatic hydroxyl groups excluding tert-OH is 1. The van der Waals surface area contributed by atoms with Gasteiger partial charge in [0.15, 0.2) is 0 Å². The SMILES string of the molecule is CCC(N)C(SCCCO)c1ccccc1F. The Bertz CT molecular complexity index is 335. The number of rotatable bonds is 7. The molecule has 0 aliphatic carbocycles. The third kappa shape index (κ3) is 4.30. The van der Waals surface area contributed by atoms with E-state index in [0.29, 0.717) is 12.0 Å². The van der Waals surface area contributed by atoms with Gasteiger partial charge in [0.05, 0.1) is 0 Å². The van der Waals surface area contributed by atoms with Gasteiger partial charge in [-0.05, 0) is 24.7 Å². The van der Waals surface area contributed by atoms with Crippen LogP contribution in [0.1, 0.15) is 30.6 Å². The first-order valence-electron chi connectivity index (χ1n) is 5.93. The Morgan fingerprint density at radius 2 is 2.12 bits per heavy atom. The molecule has 0 spiro atoms. The fourth-order valence-corrected chi connectivity index (χ4v) is 3.00. The van der Waals surface area contributed by atoms with Crippen LogP contribution in [0.3, 0.4) is 0 Å². The second kappa shape index (κ2) is 7.69. The summed E-state index contributed by atoms with van der Waals surface area (Å²) in [5, 5.41) is 8.75. The maximum Gasteiger partial charge on any atom is 0.127 e. The molecule has 96 valence electrons. The maximum absolute atomic E-state index is 13.7. The Hall–Kier alpha value is -0.580. The highest BCUT2D eigenvalue weighted by Crippen LogP contribution is 2.34. The molecule has 0 bridgehead atoms. The average molecular weight is 257 g/mol. The van der Waals surface area contributed by atoms with Gasteiger partial charge in [0.1, 0.15) is 5.82 Å². The van der Waals surface area contributed by atoms with Gasteiger partial charge in [-0.2, -0.15) is 11.8 Å². The van der Waals surface area contributed by atoms with Crippen molar-refractivity contribution in [1.29, 1.82) is 0 Å². The van der Waals surface area contributed by atoms with E-state index in [1.54, 1.807) is 23.9 Å². The van der Waals surface area contributed by atoms with Crippen LogP contribution in [0, 0.1) is 5.82 Å². The minimum atomic E-state index is -0.196. The molecule has 17 heavy (non-hydrogen) atoms. The highest BCUT2D eigenvalue weighted by molar-refractivity contribution is 7.99. The molecular weight excluding hydrogens is 237 g/mol. The van der Waals surface area contributed by atoms with Crippen molar-refractivity contribution in [2.45, 2.75) is 31.1 Å².